The third-order valence-electron chi connectivity index (χ3n) is 15.9. The van der Waals surface area contributed by atoms with Crippen molar-refractivity contribution in [2.24, 2.45) is 51.2 Å². The summed E-state index contributed by atoms with van der Waals surface area (Å²) in [5, 5.41) is 20.0. The molecule has 66 heavy (non-hydrogen) atoms. The molecule has 0 aromatic heterocycles. The van der Waals surface area contributed by atoms with Gasteiger partial charge in [-0.3, -0.25) is 19.2 Å². The molecule has 0 spiro atoms. The first kappa shape index (κ1) is 64.9. The van der Waals surface area contributed by atoms with Crippen LogP contribution in [-0.2, 0) is 47.7 Å². The maximum absolute atomic E-state index is 12.4. The number of hydrogen-bond donors (Lipinski definition) is 1. The predicted molar refractivity (Wildman–Crippen MR) is 263 cm³/mol. The van der Waals surface area contributed by atoms with Crippen molar-refractivity contribution in [2.75, 3.05) is 6.61 Å². The Bertz CT molecular complexity index is 1650. The Morgan fingerprint density at radius 1 is 0.727 bits per heavy atom. The average molecular weight is 938 g/mol. The minimum absolute atomic E-state index is 0. The van der Waals surface area contributed by atoms with Gasteiger partial charge in [-0.2, -0.15) is 5.26 Å². The minimum Gasteiger partial charge on any atom is -0.459 e. The summed E-state index contributed by atoms with van der Waals surface area (Å²) in [6, 6.07) is 2.10. The van der Waals surface area contributed by atoms with Crippen LogP contribution in [0.2, 0.25) is 0 Å². The van der Waals surface area contributed by atoms with Crippen LogP contribution in [-0.4, -0.2) is 70.6 Å². The van der Waals surface area contributed by atoms with Gasteiger partial charge in [-0.05, 0) is 150 Å². The van der Waals surface area contributed by atoms with Crippen LogP contribution in [0.1, 0.15) is 223 Å². The van der Waals surface area contributed by atoms with E-state index in [1.54, 1.807) is 13.8 Å². The third-order valence-corrected chi connectivity index (χ3v) is 15.9. The van der Waals surface area contributed by atoms with Crippen LogP contribution in [0.5, 0.6) is 0 Å². The van der Waals surface area contributed by atoms with Crippen LogP contribution >= 0.6 is 0 Å². The summed E-state index contributed by atoms with van der Waals surface area (Å²) < 4.78 is 27.5. The Labute approximate surface area is 403 Å². The third kappa shape index (κ3) is 13.5. The van der Waals surface area contributed by atoms with Gasteiger partial charge in [-0.1, -0.05) is 84.6 Å². The first-order valence-electron chi connectivity index (χ1n) is 23.0. The molecule has 6 bridgehead atoms. The van der Waals surface area contributed by atoms with Gasteiger partial charge in [0.2, 0.25) is 0 Å². The van der Waals surface area contributed by atoms with Crippen molar-refractivity contribution in [1.29, 1.82) is 5.26 Å². The summed E-state index contributed by atoms with van der Waals surface area (Å²) in [6.45, 7) is 20.9. The molecule has 7 atom stereocenters. The van der Waals surface area contributed by atoms with Crippen LogP contribution in [0.15, 0.2) is 0 Å². The summed E-state index contributed by atoms with van der Waals surface area (Å²) >= 11 is 0. The summed E-state index contributed by atoms with van der Waals surface area (Å²) in [6.07, 6.45) is 14.1. The second kappa shape index (κ2) is 23.9. The van der Waals surface area contributed by atoms with Gasteiger partial charge >= 0.3 is 29.8 Å². The minimum atomic E-state index is -1.06. The van der Waals surface area contributed by atoms with Gasteiger partial charge in [0, 0.05) is 18.3 Å². The lowest BCUT2D eigenvalue weighted by Gasteiger charge is -2.59. The van der Waals surface area contributed by atoms with E-state index in [2.05, 4.69) is 19.9 Å². The molecule has 0 aromatic rings. The molecule has 7 saturated carbocycles. The number of rotatable bonds is 12. The van der Waals surface area contributed by atoms with E-state index in [4.69, 9.17) is 23.7 Å². The molecule has 1 saturated heterocycles. The number of nitrogens with zero attached hydrogens (tertiary/aromatic N) is 1. The molecule has 1 N–H and O–H groups in total. The highest BCUT2D eigenvalue weighted by atomic mass is 16.6. The summed E-state index contributed by atoms with van der Waals surface area (Å²) in [7, 11) is 0. The molecule has 1 aliphatic heterocycles. The van der Waals surface area contributed by atoms with E-state index in [0.717, 1.165) is 38.5 Å². The lowest BCUT2D eigenvalue weighted by Crippen LogP contribution is -2.61. The second-order valence-electron chi connectivity index (χ2n) is 22.1. The van der Waals surface area contributed by atoms with Crippen molar-refractivity contribution >= 4 is 29.8 Å². The molecule has 386 valence electrons. The van der Waals surface area contributed by atoms with Crippen LogP contribution in [0.3, 0.4) is 0 Å². The van der Waals surface area contributed by atoms with Gasteiger partial charge in [-0.25, -0.2) is 4.79 Å². The van der Waals surface area contributed by atoms with Crippen molar-refractivity contribution < 1.29 is 52.8 Å². The van der Waals surface area contributed by atoms with Crippen LogP contribution in [0.25, 0.3) is 0 Å². The average Bonchev–Trinajstić information content (AvgIpc) is 3.78. The van der Waals surface area contributed by atoms with E-state index >= 15 is 0 Å². The zero-order valence-electron chi connectivity index (χ0n) is 38.5. The Morgan fingerprint density at radius 3 is 1.71 bits per heavy atom. The molecule has 12 nitrogen and oxygen atoms in total. The van der Waals surface area contributed by atoms with Gasteiger partial charge in [0.15, 0.2) is 12.0 Å². The number of aliphatic hydroxyl groups is 1. The number of hydrogen-bond acceptors (Lipinski definition) is 12. The first-order chi connectivity index (χ1) is 27.8. The predicted octanol–water partition coefficient (Wildman–Crippen LogP) is 12.5. The SMILES string of the molecule is C.C.C.C.C.C.CCC(C)(C)C(=O)OC(C)(C)C1CCCCC1.CCC(C)(C)C(=O)OC12CC3CC(CC(O)(C3)C1)C2.CCC(C)(C)C(=O)OCC(=O)OC1C2CC3C1OC(=O)C3(C#N)C2. The van der Waals surface area contributed by atoms with Gasteiger partial charge < -0.3 is 28.8 Å². The fourth-order valence-corrected chi connectivity index (χ4v) is 11.1. The van der Waals surface area contributed by atoms with E-state index < -0.39 is 58.6 Å². The molecular weight excluding hydrogens is 839 g/mol. The van der Waals surface area contributed by atoms with E-state index in [-0.39, 0.29) is 85.0 Å². The molecule has 7 aliphatic carbocycles. The molecule has 8 fully saturated rings. The maximum atomic E-state index is 12.4. The molecule has 0 amide bonds. The highest BCUT2D eigenvalue weighted by molar-refractivity contribution is 5.85. The Balaban J connectivity index is 0. The molecule has 7 unspecified atom stereocenters. The van der Waals surface area contributed by atoms with E-state index in [1.165, 1.54) is 38.5 Å². The van der Waals surface area contributed by atoms with Crippen molar-refractivity contribution in [2.45, 2.75) is 252 Å². The molecule has 0 aromatic carbocycles. The fraction of sp³-hybridized carbons (Fsp3) is 0.889. The van der Waals surface area contributed by atoms with E-state index in [0.29, 0.717) is 43.4 Å². The normalized spacial score (nSPS) is 30.9. The fourth-order valence-electron chi connectivity index (χ4n) is 11.1. The summed E-state index contributed by atoms with van der Waals surface area (Å²) in [5.74, 6) is -0.352. The standard InChI is InChI=1S/C17H21NO6.C16H26O3.C15H28O2.6CH4/c1-4-16(2,3)14(20)22-7-11(19)23-12-9-5-10-13(12)24-15(21)17(10,6-9)8-18;1-4-14(2,3)13(17)19-16-8-11-5-12(9-16)7-15(18,6-11)10-16;1-6-14(2,3)13(16)17-15(4,5)12-10-8-7-9-11-12;;;;;;/h9-10,12-13H,4-7H2,1-3H3;11-12,18H,4-10H2,1-3H3;12H,6-11H2,1-5H3;6*1H4. The number of fused-ring (bicyclic) bond motifs is 1. The zero-order valence-corrected chi connectivity index (χ0v) is 38.5. The Morgan fingerprint density at radius 2 is 1.23 bits per heavy atom. The largest absolute Gasteiger partial charge is 0.459 e. The number of carbonyl (C=O) groups is 5. The number of ether oxygens (including phenoxy) is 5. The van der Waals surface area contributed by atoms with Crippen molar-refractivity contribution in [3.05, 3.63) is 0 Å². The van der Waals surface area contributed by atoms with Gasteiger partial charge in [0.25, 0.3) is 0 Å². The molecular formula is C54H99NO11. The lowest BCUT2D eigenvalue weighted by molar-refractivity contribution is -0.225. The summed E-state index contributed by atoms with van der Waals surface area (Å²) in [5.41, 5.74) is -3.69. The lowest BCUT2D eigenvalue weighted by atomic mass is 9.52. The molecule has 12 heteroatoms. The van der Waals surface area contributed by atoms with Gasteiger partial charge in [0.1, 0.15) is 23.4 Å². The number of nitriles is 1. The number of carbonyl (C=O) groups excluding carboxylic acids is 5. The zero-order chi connectivity index (χ0) is 44.7. The smallest absolute Gasteiger partial charge is 0.344 e. The quantitative estimate of drug-likeness (QED) is 0.145. The van der Waals surface area contributed by atoms with E-state index in [1.807, 2.05) is 48.5 Å². The highest BCUT2D eigenvalue weighted by Crippen LogP contribution is 2.62. The molecule has 8 aliphatic rings. The van der Waals surface area contributed by atoms with Crippen molar-refractivity contribution in [1.82, 2.24) is 0 Å². The van der Waals surface area contributed by atoms with Gasteiger partial charge in [-0.15, -0.1) is 0 Å². The molecule has 0 radical (unpaired) electrons. The Kier molecular flexibility index (Phi) is 23.5. The van der Waals surface area contributed by atoms with Crippen LogP contribution < -0.4 is 0 Å². The monoisotopic (exact) mass is 938 g/mol. The molecule has 1 heterocycles. The van der Waals surface area contributed by atoms with Crippen LogP contribution in [0, 0.1) is 62.6 Å². The van der Waals surface area contributed by atoms with Crippen molar-refractivity contribution in [3.8, 4) is 6.07 Å². The second-order valence-corrected chi connectivity index (χ2v) is 22.1. The number of esters is 5. The Hall–Kier alpha value is -3.20. The van der Waals surface area contributed by atoms with Crippen molar-refractivity contribution in [3.63, 3.8) is 0 Å². The van der Waals surface area contributed by atoms with E-state index in [9.17, 15) is 34.3 Å². The first-order valence-corrected chi connectivity index (χ1v) is 23.0. The highest BCUT2D eigenvalue weighted by Gasteiger charge is 2.72. The summed E-state index contributed by atoms with van der Waals surface area (Å²) in [4.78, 5) is 60.4. The maximum Gasteiger partial charge on any atom is 0.344 e. The molecule has 8 rings (SSSR count). The topological polar surface area (TPSA) is 176 Å². The van der Waals surface area contributed by atoms with Crippen LogP contribution in [0.4, 0.5) is 0 Å². The van der Waals surface area contributed by atoms with Gasteiger partial charge in [0.05, 0.1) is 27.9 Å².